The van der Waals surface area contributed by atoms with Gasteiger partial charge in [0, 0.05) is 6.20 Å². The summed E-state index contributed by atoms with van der Waals surface area (Å²) >= 11 is 0. The molecule has 0 aliphatic carbocycles. The van der Waals surface area contributed by atoms with Crippen LogP contribution in [0, 0.1) is 11.3 Å². The van der Waals surface area contributed by atoms with Crippen LogP contribution in [-0.4, -0.2) is 18.1 Å². The average molecular weight is 192 g/mol. The van der Waals surface area contributed by atoms with Gasteiger partial charge in [0.2, 0.25) is 0 Å². The SMILES string of the molecule is COC(=O)Cc1c[nH]c(=O)c(C#N)c1. The standard InChI is InChI=1S/C9H8N2O3/c1-14-8(12)3-6-2-7(4-10)9(13)11-5-6/h2,5H,3H2,1H3,(H,11,13). The normalized spacial score (nSPS) is 9.14. The maximum absolute atomic E-state index is 11.0. The Kier molecular flexibility index (Phi) is 3.02. The lowest BCUT2D eigenvalue weighted by Gasteiger charge is -1.99. The number of aromatic amines is 1. The van der Waals surface area contributed by atoms with Crippen LogP contribution in [0.5, 0.6) is 0 Å². The number of pyridine rings is 1. The van der Waals surface area contributed by atoms with Gasteiger partial charge in [-0.05, 0) is 11.6 Å². The van der Waals surface area contributed by atoms with E-state index in [0.29, 0.717) is 5.56 Å². The molecule has 0 aliphatic rings. The number of rotatable bonds is 2. The van der Waals surface area contributed by atoms with Crippen molar-refractivity contribution >= 4 is 5.97 Å². The van der Waals surface area contributed by atoms with E-state index in [1.807, 2.05) is 0 Å². The Morgan fingerprint density at radius 3 is 3.00 bits per heavy atom. The first-order chi connectivity index (χ1) is 6.67. The first kappa shape index (κ1) is 9.99. The van der Waals surface area contributed by atoms with E-state index in [1.54, 1.807) is 6.07 Å². The van der Waals surface area contributed by atoms with E-state index in [0.717, 1.165) is 0 Å². The lowest BCUT2D eigenvalue weighted by atomic mass is 10.1. The molecule has 1 heterocycles. The van der Waals surface area contributed by atoms with E-state index >= 15 is 0 Å². The van der Waals surface area contributed by atoms with Crippen LogP contribution < -0.4 is 5.56 Å². The van der Waals surface area contributed by atoms with Crippen LogP contribution in [0.3, 0.4) is 0 Å². The Morgan fingerprint density at radius 2 is 2.43 bits per heavy atom. The summed E-state index contributed by atoms with van der Waals surface area (Å²) in [6.07, 6.45) is 1.43. The lowest BCUT2D eigenvalue weighted by molar-refractivity contribution is -0.139. The van der Waals surface area contributed by atoms with Gasteiger partial charge in [-0.15, -0.1) is 0 Å². The predicted molar refractivity (Wildman–Crippen MR) is 47.5 cm³/mol. The fourth-order valence-corrected chi connectivity index (χ4v) is 0.953. The fraction of sp³-hybridized carbons (Fsp3) is 0.222. The fourth-order valence-electron chi connectivity index (χ4n) is 0.953. The van der Waals surface area contributed by atoms with Gasteiger partial charge in [0.05, 0.1) is 13.5 Å². The Hall–Kier alpha value is -2.09. The molecule has 1 aromatic heterocycles. The topological polar surface area (TPSA) is 83.0 Å². The summed E-state index contributed by atoms with van der Waals surface area (Å²) in [7, 11) is 1.28. The van der Waals surface area contributed by atoms with E-state index in [2.05, 4.69) is 9.72 Å². The second kappa shape index (κ2) is 4.23. The highest BCUT2D eigenvalue weighted by Gasteiger charge is 2.05. The average Bonchev–Trinajstić information content (AvgIpc) is 2.20. The van der Waals surface area contributed by atoms with E-state index in [4.69, 9.17) is 5.26 Å². The molecule has 5 heteroatoms. The summed E-state index contributed by atoms with van der Waals surface area (Å²) in [6.45, 7) is 0. The van der Waals surface area contributed by atoms with Crippen molar-refractivity contribution in [3.8, 4) is 6.07 Å². The van der Waals surface area contributed by atoms with Gasteiger partial charge in [0.15, 0.2) is 0 Å². The first-order valence-electron chi connectivity index (χ1n) is 3.86. The zero-order chi connectivity index (χ0) is 10.6. The minimum Gasteiger partial charge on any atom is -0.469 e. The third-order valence-electron chi connectivity index (χ3n) is 1.66. The molecule has 0 atom stereocenters. The summed E-state index contributed by atoms with van der Waals surface area (Å²) < 4.78 is 4.44. The summed E-state index contributed by atoms with van der Waals surface area (Å²) in [5, 5.41) is 8.55. The second-order valence-electron chi connectivity index (χ2n) is 2.62. The second-order valence-corrected chi connectivity index (χ2v) is 2.62. The molecule has 0 fully saturated rings. The van der Waals surface area contributed by atoms with Crippen molar-refractivity contribution in [1.82, 2.24) is 4.98 Å². The van der Waals surface area contributed by atoms with Crippen molar-refractivity contribution in [3.63, 3.8) is 0 Å². The number of methoxy groups -OCH3 is 1. The van der Waals surface area contributed by atoms with Crippen molar-refractivity contribution in [2.45, 2.75) is 6.42 Å². The molecule has 1 rings (SSSR count). The van der Waals surface area contributed by atoms with E-state index in [1.165, 1.54) is 19.4 Å². The number of nitrogens with one attached hydrogen (secondary N) is 1. The molecular weight excluding hydrogens is 184 g/mol. The van der Waals surface area contributed by atoms with Crippen molar-refractivity contribution < 1.29 is 9.53 Å². The maximum atomic E-state index is 11.0. The molecule has 0 aromatic carbocycles. The van der Waals surface area contributed by atoms with Crippen molar-refractivity contribution in [2.75, 3.05) is 7.11 Å². The number of hydrogen-bond donors (Lipinski definition) is 1. The minimum atomic E-state index is -0.457. The van der Waals surface area contributed by atoms with Gasteiger partial charge >= 0.3 is 5.97 Å². The summed E-state index contributed by atoms with van der Waals surface area (Å²) in [5.41, 5.74) is 0.0838. The first-order valence-corrected chi connectivity index (χ1v) is 3.86. The van der Waals surface area contributed by atoms with E-state index < -0.39 is 11.5 Å². The molecule has 0 amide bonds. The number of hydrogen-bond acceptors (Lipinski definition) is 4. The molecule has 0 saturated carbocycles. The Bertz CT molecular complexity index is 442. The van der Waals surface area contributed by atoms with Crippen molar-refractivity contribution in [1.29, 1.82) is 5.26 Å². The molecule has 5 nitrogen and oxygen atoms in total. The molecule has 1 N–H and O–H groups in total. The Morgan fingerprint density at radius 1 is 1.71 bits per heavy atom. The molecule has 0 aliphatic heterocycles. The summed E-state index contributed by atoms with van der Waals surface area (Å²) in [6, 6.07) is 3.10. The maximum Gasteiger partial charge on any atom is 0.310 e. The van der Waals surface area contributed by atoms with Crippen LogP contribution in [0.4, 0.5) is 0 Å². The number of carbonyl (C=O) groups excluding carboxylic acids is 1. The number of nitrogens with zero attached hydrogens (tertiary/aromatic N) is 1. The van der Waals surface area contributed by atoms with Gasteiger partial charge < -0.3 is 9.72 Å². The van der Waals surface area contributed by atoms with E-state index in [9.17, 15) is 9.59 Å². The van der Waals surface area contributed by atoms with Crippen LogP contribution in [0.2, 0.25) is 0 Å². The van der Waals surface area contributed by atoms with Crippen LogP contribution >= 0.6 is 0 Å². The minimum absolute atomic E-state index is 0.00796. The molecule has 14 heavy (non-hydrogen) atoms. The van der Waals surface area contributed by atoms with Crippen molar-refractivity contribution in [2.24, 2.45) is 0 Å². The number of esters is 1. The molecule has 0 spiro atoms. The molecule has 0 radical (unpaired) electrons. The third kappa shape index (κ3) is 2.20. The molecule has 0 unspecified atom stereocenters. The van der Waals surface area contributed by atoms with Gasteiger partial charge in [-0.1, -0.05) is 0 Å². The van der Waals surface area contributed by atoms with E-state index in [-0.39, 0.29) is 12.0 Å². The van der Waals surface area contributed by atoms with Crippen molar-refractivity contribution in [3.05, 3.63) is 33.7 Å². The number of carbonyl (C=O) groups is 1. The number of nitriles is 1. The lowest BCUT2D eigenvalue weighted by Crippen LogP contribution is -2.12. The highest BCUT2D eigenvalue weighted by molar-refractivity contribution is 5.72. The third-order valence-corrected chi connectivity index (χ3v) is 1.66. The van der Waals surface area contributed by atoms with Crippen LogP contribution in [-0.2, 0) is 16.0 Å². The van der Waals surface area contributed by atoms with Gasteiger partial charge in [-0.25, -0.2) is 0 Å². The number of aromatic nitrogens is 1. The summed E-state index contributed by atoms with van der Waals surface area (Å²) in [4.78, 5) is 24.2. The summed E-state index contributed by atoms with van der Waals surface area (Å²) in [5.74, 6) is -0.416. The quantitative estimate of drug-likeness (QED) is 0.666. The zero-order valence-corrected chi connectivity index (χ0v) is 7.53. The molecule has 1 aromatic rings. The Balaban J connectivity index is 2.97. The van der Waals surface area contributed by atoms with Gasteiger partial charge in [0.1, 0.15) is 11.6 Å². The number of H-pyrrole nitrogens is 1. The monoisotopic (exact) mass is 192 g/mol. The Labute approximate surface area is 79.9 Å². The zero-order valence-electron chi connectivity index (χ0n) is 7.53. The van der Waals surface area contributed by atoms with Crippen LogP contribution in [0.1, 0.15) is 11.1 Å². The van der Waals surface area contributed by atoms with Gasteiger partial charge in [-0.2, -0.15) is 5.26 Å². The largest absolute Gasteiger partial charge is 0.469 e. The van der Waals surface area contributed by atoms with Crippen LogP contribution in [0.15, 0.2) is 17.1 Å². The molecular formula is C9H8N2O3. The van der Waals surface area contributed by atoms with Gasteiger partial charge in [-0.3, -0.25) is 9.59 Å². The highest BCUT2D eigenvalue weighted by atomic mass is 16.5. The smallest absolute Gasteiger partial charge is 0.310 e. The molecule has 0 bridgehead atoms. The molecule has 72 valence electrons. The predicted octanol–water partition coefficient (Wildman–Crippen LogP) is -0.0379. The van der Waals surface area contributed by atoms with Crippen LogP contribution in [0.25, 0.3) is 0 Å². The molecule has 0 saturated heterocycles. The highest BCUT2D eigenvalue weighted by Crippen LogP contribution is 1.99. The van der Waals surface area contributed by atoms with Gasteiger partial charge in [0.25, 0.3) is 5.56 Å². The number of ether oxygens (including phenoxy) is 1.